The van der Waals surface area contributed by atoms with Gasteiger partial charge < -0.3 is 0 Å². The van der Waals surface area contributed by atoms with E-state index in [1.165, 1.54) is 19.1 Å². The average molecular weight is 234 g/mol. The van der Waals surface area contributed by atoms with Crippen molar-refractivity contribution in [2.24, 2.45) is 0 Å². The molecule has 0 saturated heterocycles. The van der Waals surface area contributed by atoms with Crippen LogP contribution in [0.1, 0.15) is 22.8 Å². The molecule has 0 heterocycles. The lowest BCUT2D eigenvalue weighted by atomic mass is 10.1. The lowest BCUT2D eigenvalue weighted by Crippen LogP contribution is -2.08. The molecule has 5 heteroatoms. The van der Waals surface area contributed by atoms with E-state index in [0.717, 1.165) is 17.8 Å². The Morgan fingerprint density at radius 2 is 1.93 bits per heavy atom. The van der Waals surface area contributed by atoms with Gasteiger partial charge in [0.25, 0.3) is 0 Å². The highest BCUT2D eigenvalue weighted by molar-refractivity contribution is 7.98. The van der Waals surface area contributed by atoms with Crippen molar-refractivity contribution < 1.29 is 18.0 Å². The van der Waals surface area contributed by atoms with E-state index in [4.69, 9.17) is 0 Å². The first kappa shape index (κ1) is 12.1. The molecule has 0 N–H and O–H groups in total. The van der Waals surface area contributed by atoms with E-state index >= 15 is 0 Å². The van der Waals surface area contributed by atoms with Gasteiger partial charge in [-0.25, -0.2) is 0 Å². The van der Waals surface area contributed by atoms with Crippen molar-refractivity contribution in [2.45, 2.75) is 18.0 Å². The number of benzene rings is 1. The Hall–Kier alpha value is -0.970. The van der Waals surface area contributed by atoms with Gasteiger partial charge in [0.05, 0.1) is 5.56 Å². The molecular formula is C10H9F3OS. The molecule has 0 aliphatic carbocycles. The molecule has 0 amide bonds. The summed E-state index contributed by atoms with van der Waals surface area (Å²) in [5.41, 5.74) is -0.664. The summed E-state index contributed by atoms with van der Waals surface area (Å²) in [6.07, 6.45) is -2.85. The van der Waals surface area contributed by atoms with Gasteiger partial charge in [-0.3, -0.25) is 4.79 Å². The predicted octanol–water partition coefficient (Wildman–Crippen LogP) is 3.63. The number of rotatable bonds is 2. The summed E-state index contributed by atoms with van der Waals surface area (Å²) in [4.78, 5) is 11.1. The molecule has 1 aromatic rings. The number of hydrogen-bond acceptors (Lipinski definition) is 2. The molecular weight excluding hydrogens is 225 g/mol. The van der Waals surface area contributed by atoms with Gasteiger partial charge in [-0.05, 0) is 25.3 Å². The number of thioether (sulfide) groups is 1. The molecule has 0 aromatic heterocycles. The van der Waals surface area contributed by atoms with Crippen LogP contribution in [0.4, 0.5) is 13.2 Å². The maximum absolute atomic E-state index is 12.6. The third-order valence-corrected chi connectivity index (χ3v) is 2.71. The summed E-state index contributed by atoms with van der Waals surface area (Å²) in [5.74, 6) is -0.367. The zero-order valence-corrected chi connectivity index (χ0v) is 9.00. The second-order valence-electron chi connectivity index (χ2n) is 2.97. The molecule has 0 atom stereocenters. The van der Waals surface area contributed by atoms with Crippen LogP contribution in [0.3, 0.4) is 0 Å². The molecule has 0 unspecified atom stereocenters. The molecule has 1 nitrogen and oxygen atoms in total. The van der Waals surface area contributed by atoms with Crippen LogP contribution >= 0.6 is 11.8 Å². The number of carbonyl (C=O) groups is 1. The monoisotopic (exact) mass is 234 g/mol. The van der Waals surface area contributed by atoms with Crippen LogP contribution in [0.15, 0.2) is 23.1 Å². The number of carbonyl (C=O) groups excluding carboxylic acids is 1. The molecule has 1 aromatic carbocycles. The van der Waals surface area contributed by atoms with Crippen LogP contribution < -0.4 is 0 Å². The minimum Gasteiger partial charge on any atom is -0.295 e. The summed E-state index contributed by atoms with van der Waals surface area (Å²) < 4.78 is 37.7. The molecule has 1 rings (SSSR count). The quantitative estimate of drug-likeness (QED) is 0.574. The lowest BCUT2D eigenvalue weighted by Gasteiger charge is -2.11. The second kappa shape index (κ2) is 4.26. The number of alkyl halides is 3. The van der Waals surface area contributed by atoms with Crippen molar-refractivity contribution in [3.05, 3.63) is 29.3 Å². The summed E-state index contributed by atoms with van der Waals surface area (Å²) in [7, 11) is 0. The smallest absolute Gasteiger partial charge is 0.295 e. The fourth-order valence-electron chi connectivity index (χ4n) is 1.15. The van der Waals surface area contributed by atoms with Gasteiger partial charge >= 0.3 is 6.18 Å². The highest BCUT2D eigenvalue weighted by Gasteiger charge is 2.33. The van der Waals surface area contributed by atoms with Crippen LogP contribution in [0.2, 0.25) is 0 Å². The number of ketones is 1. The van der Waals surface area contributed by atoms with Crippen molar-refractivity contribution in [3.63, 3.8) is 0 Å². The van der Waals surface area contributed by atoms with Gasteiger partial charge in [-0.15, -0.1) is 11.8 Å². The summed E-state index contributed by atoms with van der Waals surface area (Å²) >= 11 is 1.01. The first-order chi connectivity index (χ1) is 6.86. The van der Waals surface area contributed by atoms with Crippen molar-refractivity contribution in [1.82, 2.24) is 0 Å². The summed E-state index contributed by atoms with van der Waals surface area (Å²) in [6.45, 7) is 1.24. The fraction of sp³-hybridized carbons (Fsp3) is 0.300. The van der Waals surface area contributed by atoms with E-state index in [0.29, 0.717) is 0 Å². The molecule has 0 radical (unpaired) electrons. The maximum Gasteiger partial charge on any atom is 0.417 e. The third-order valence-electron chi connectivity index (χ3n) is 1.91. The topological polar surface area (TPSA) is 17.1 Å². The third kappa shape index (κ3) is 2.75. The Morgan fingerprint density at radius 1 is 1.33 bits per heavy atom. The van der Waals surface area contributed by atoms with Crippen LogP contribution in [0, 0.1) is 0 Å². The summed E-state index contributed by atoms with van der Waals surface area (Å²) in [5, 5.41) is 0. The molecule has 0 fully saturated rings. The van der Waals surface area contributed by atoms with Crippen molar-refractivity contribution in [1.29, 1.82) is 0 Å². The van der Waals surface area contributed by atoms with Crippen molar-refractivity contribution >= 4 is 17.5 Å². The minimum atomic E-state index is -4.41. The molecule has 0 aliphatic rings. The number of Topliss-reactive ketones (excluding diaryl/α,β-unsaturated/α-hetero) is 1. The zero-order chi connectivity index (χ0) is 11.6. The zero-order valence-electron chi connectivity index (χ0n) is 8.18. The van der Waals surface area contributed by atoms with Gasteiger partial charge in [-0.1, -0.05) is 6.07 Å². The van der Waals surface area contributed by atoms with E-state index < -0.39 is 11.7 Å². The summed E-state index contributed by atoms with van der Waals surface area (Å²) in [6, 6.07) is 3.63. The maximum atomic E-state index is 12.6. The number of hydrogen-bond donors (Lipinski definition) is 0. The first-order valence-corrected chi connectivity index (χ1v) is 5.35. The van der Waals surface area contributed by atoms with E-state index in [2.05, 4.69) is 0 Å². The van der Waals surface area contributed by atoms with Crippen molar-refractivity contribution in [3.8, 4) is 0 Å². The molecule has 0 aliphatic heterocycles. The molecule has 0 spiro atoms. The molecule has 0 saturated carbocycles. The van der Waals surface area contributed by atoms with Gasteiger partial charge in [0.2, 0.25) is 0 Å². The van der Waals surface area contributed by atoms with Gasteiger partial charge in [-0.2, -0.15) is 13.2 Å². The highest BCUT2D eigenvalue weighted by Crippen LogP contribution is 2.36. The van der Waals surface area contributed by atoms with E-state index in [1.54, 1.807) is 6.26 Å². The Balaban J connectivity index is 3.32. The highest BCUT2D eigenvalue weighted by atomic mass is 32.2. The molecule has 15 heavy (non-hydrogen) atoms. The predicted molar refractivity (Wildman–Crippen MR) is 53.2 cm³/mol. The first-order valence-electron chi connectivity index (χ1n) is 4.12. The average Bonchev–Trinajstić information content (AvgIpc) is 2.15. The number of halogens is 3. The fourth-order valence-corrected chi connectivity index (χ4v) is 1.75. The van der Waals surface area contributed by atoms with Crippen LogP contribution in [-0.2, 0) is 6.18 Å². The molecule has 0 bridgehead atoms. The normalized spacial score (nSPS) is 11.5. The standard InChI is InChI=1S/C10H9F3OS/c1-6(14)7-3-4-9(15-2)8(5-7)10(11,12)13/h3-5H,1-2H3. The van der Waals surface area contributed by atoms with Crippen molar-refractivity contribution in [2.75, 3.05) is 6.26 Å². The van der Waals surface area contributed by atoms with Crippen LogP contribution in [0.5, 0.6) is 0 Å². The van der Waals surface area contributed by atoms with E-state index in [1.807, 2.05) is 0 Å². The Morgan fingerprint density at radius 3 is 2.33 bits per heavy atom. The second-order valence-corrected chi connectivity index (χ2v) is 3.82. The van der Waals surface area contributed by atoms with Gasteiger partial charge in [0.15, 0.2) is 5.78 Å². The Kier molecular flexibility index (Phi) is 3.44. The Bertz CT molecular complexity index is 385. The Labute approximate surface area is 89.7 Å². The molecule has 82 valence electrons. The van der Waals surface area contributed by atoms with Crippen LogP contribution in [0.25, 0.3) is 0 Å². The SMILES string of the molecule is CSc1ccc(C(C)=O)cc1C(F)(F)F. The minimum absolute atomic E-state index is 0.0834. The van der Waals surface area contributed by atoms with E-state index in [9.17, 15) is 18.0 Å². The van der Waals surface area contributed by atoms with Gasteiger partial charge in [0.1, 0.15) is 0 Å². The van der Waals surface area contributed by atoms with Crippen LogP contribution in [-0.4, -0.2) is 12.0 Å². The largest absolute Gasteiger partial charge is 0.417 e. The van der Waals surface area contributed by atoms with E-state index in [-0.39, 0.29) is 16.2 Å². The lowest BCUT2D eigenvalue weighted by molar-refractivity contribution is -0.139. The van der Waals surface area contributed by atoms with Gasteiger partial charge in [0, 0.05) is 10.5 Å².